The van der Waals surface area contributed by atoms with Crippen LogP contribution in [-0.4, -0.2) is 15.0 Å². The van der Waals surface area contributed by atoms with Gasteiger partial charge in [0.15, 0.2) is 0 Å². The molecule has 0 saturated carbocycles. The third-order valence-corrected chi connectivity index (χ3v) is 5.62. The Bertz CT molecular complexity index is 685. The van der Waals surface area contributed by atoms with Gasteiger partial charge in [-0.25, -0.2) is 4.68 Å². The summed E-state index contributed by atoms with van der Waals surface area (Å²) < 4.78 is 2.20. The van der Waals surface area contributed by atoms with Gasteiger partial charge in [0.2, 0.25) is 0 Å². The van der Waals surface area contributed by atoms with E-state index in [0.717, 1.165) is 6.54 Å². The lowest BCUT2D eigenvalue weighted by atomic mass is 9.86. The second kappa shape index (κ2) is 10.7. The van der Waals surface area contributed by atoms with E-state index in [1.54, 1.807) is 16.7 Å². The van der Waals surface area contributed by atoms with Gasteiger partial charge in [0.05, 0.1) is 5.52 Å². The molecule has 0 N–H and O–H groups in total. The van der Waals surface area contributed by atoms with Crippen molar-refractivity contribution >= 4 is 11.0 Å². The highest BCUT2D eigenvalue weighted by Crippen LogP contribution is 2.33. The summed E-state index contributed by atoms with van der Waals surface area (Å²) in [6, 6.07) is 0. The SMILES string of the molecule is CCCCc1c(CCCC)c(CCCC)c2c(nnn2CCCC)c1C. The molecule has 0 aliphatic carbocycles. The largest absolute Gasteiger partial charge is 0.244 e. The zero-order valence-corrected chi connectivity index (χ0v) is 17.8. The first-order valence-electron chi connectivity index (χ1n) is 11.1. The minimum Gasteiger partial charge on any atom is -0.244 e. The zero-order chi connectivity index (χ0) is 18.9. The first-order chi connectivity index (χ1) is 12.7. The van der Waals surface area contributed by atoms with Crippen molar-refractivity contribution in [1.29, 1.82) is 0 Å². The molecule has 1 heterocycles. The second-order valence-corrected chi connectivity index (χ2v) is 7.73. The van der Waals surface area contributed by atoms with Gasteiger partial charge in [0, 0.05) is 6.54 Å². The number of nitrogens with zero attached hydrogens (tertiary/aromatic N) is 3. The summed E-state index contributed by atoms with van der Waals surface area (Å²) in [5.41, 5.74) is 8.69. The molecule has 146 valence electrons. The highest BCUT2D eigenvalue weighted by Gasteiger charge is 2.21. The monoisotopic (exact) mass is 357 g/mol. The lowest BCUT2D eigenvalue weighted by molar-refractivity contribution is 0.565. The van der Waals surface area contributed by atoms with Crippen molar-refractivity contribution in [3.05, 3.63) is 22.3 Å². The maximum Gasteiger partial charge on any atom is 0.116 e. The maximum atomic E-state index is 4.64. The van der Waals surface area contributed by atoms with Crippen LogP contribution in [0.15, 0.2) is 0 Å². The number of hydrogen-bond donors (Lipinski definition) is 0. The molecule has 2 rings (SSSR count). The number of unbranched alkanes of at least 4 members (excludes halogenated alkanes) is 4. The second-order valence-electron chi connectivity index (χ2n) is 7.73. The normalized spacial score (nSPS) is 11.6. The third-order valence-electron chi connectivity index (χ3n) is 5.62. The summed E-state index contributed by atoms with van der Waals surface area (Å²) in [4.78, 5) is 0. The minimum absolute atomic E-state index is 0.993. The fraction of sp³-hybridized carbons (Fsp3) is 0.739. The van der Waals surface area contributed by atoms with Crippen LogP contribution in [0.25, 0.3) is 11.0 Å². The molecule has 1 aromatic heterocycles. The first kappa shape index (κ1) is 20.9. The average molecular weight is 358 g/mol. The van der Waals surface area contributed by atoms with Gasteiger partial charge in [-0.3, -0.25) is 0 Å². The molecule has 0 saturated heterocycles. The molecular weight excluding hydrogens is 318 g/mol. The molecule has 0 unspecified atom stereocenters. The van der Waals surface area contributed by atoms with Crippen molar-refractivity contribution in [3.63, 3.8) is 0 Å². The number of rotatable bonds is 12. The first-order valence-corrected chi connectivity index (χ1v) is 11.1. The standard InChI is InChI=1S/C23H39N3/c1-6-10-14-19-18(5)22-23(26(25-24-22)17-13-9-4)21(16-12-8-3)20(19)15-11-7-2/h6-17H2,1-5H3. The van der Waals surface area contributed by atoms with Crippen LogP contribution in [0.4, 0.5) is 0 Å². The zero-order valence-electron chi connectivity index (χ0n) is 17.8. The Kier molecular flexibility index (Phi) is 8.61. The van der Waals surface area contributed by atoms with E-state index < -0.39 is 0 Å². The van der Waals surface area contributed by atoms with Gasteiger partial charge < -0.3 is 0 Å². The summed E-state index contributed by atoms with van der Waals surface area (Å²) in [5.74, 6) is 0. The van der Waals surface area contributed by atoms with Crippen LogP contribution in [0.2, 0.25) is 0 Å². The smallest absolute Gasteiger partial charge is 0.116 e. The molecular formula is C23H39N3. The molecule has 0 fully saturated rings. The minimum atomic E-state index is 0.993. The van der Waals surface area contributed by atoms with Crippen LogP contribution < -0.4 is 0 Å². The summed E-state index contributed by atoms with van der Waals surface area (Å²) in [6.45, 7) is 12.4. The van der Waals surface area contributed by atoms with Gasteiger partial charge in [-0.05, 0) is 74.1 Å². The number of aromatic nitrogens is 3. The van der Waals surface area contributed by atoms with E-state index in [0.29, 0.717) is 0 Å². The summed E-state index contributed by atoms with van der Waals surface area (Å²) in [6.07, 6.45) is 13.5. The molecule has 0 aliphatic rings. The van der Waals surface area contributed by atoms with Crippen LogP contribution in [-0.2, 0) is 25.8 Å². The van der Waals surface area contributed by atoms with Crippen molar-refractivity contribution in [2.24, 2.45) is 0 Å². The van der Waals surface area contributed by atoms with Crippen LogP contribution in [0, 0.1) is 6.92 Å². The highest BCUT2D eigenvalue weighted by atomic mass is 15.4. The number of aryl methyl sites for hydroxylation is 3. The van der Waals surface area contributed by atoms with Gasteiger partial charge >= 0.3 is 0 Å². The Morgan fingerprint density at radius 2 is 1.23 bits per heavy atom. The molecule has 0 atom stereocenters. The molecule has 1 aromatic carbocycles. The fourth-order valence-corrected chi connectivity index (χ4v) is 3.99. The Morgan fingerprint density at radius 1 is 0.692 bits per heavy atom. The fourth-order valence-electron chi connectivity index (χ4n) is 3.99. The van der Waals surface area contributed by atoms with Crippen molar-refractivity contribution in [1.82, 2.24) is 15.0 Å². The number of hydrogen-bond acceptors (Lipinski definition) is 2. The van der Waals surface area contributed by atoms with E-state index in [1.165, 1.54) is 87.2 Å². The number of fused-ring (bicyclic) bond motifs is 1. The van der Waals surface area contributed by atoms with Crippen molar-refractivity contribution in [2.45, 2.75) is 112 Å². The van der Waals surface area contributed by atoms with Crippen LogP contribution in [0.3, 0.4) is 0 Å². The lowest BCUT2D eigenvalue weighted by Gasteiger charge is -2.20. The summed E-state index contributed by atoms with van der Waals surface area (Å²) >= 11 is 0. The molecule has 2 aromatic rings. The average Bonchev–Trinajstić information content (AvgIpc) is 3.07. The van der Waals surface area contributed by atoms with Gasteiger partial charge in [0.1, 0.15) is 5.52 Å². The molecule has 0 aliphatic heterocycles. The van der Waals surface area contributed by atoms with Gasteiger partial charge in [-0.15, -0.1) is 5.10 Å². The van der Waals surface area contributed by atoms with E-state index in [2.05, 4.69) is 49.6 Å². The van der Waals surface area contributed by atoms with Crippen LogP contribution >= 0.6 is 0 Å². The lowest BCUT2D eigenvalue weighted by Crippen LogP contribution is -2.09. The van der Waals surface area contributed by atoms with E-state index in [9.17, 15) is 0 Å². The van der Waals surface area contributed by atoms with Gasteiger partial charge in [0.25, 0.3) is 0 Å². The van der Waals surface area contributed by atoms with Crippen molar-refractivity contribution in [3.8, 4) is 0 Å². The van der Waals surface area contributed by atoms with E-state index in [4.69, 9.17) is 0 Å². The van der Waals surface area contributed by atoms with E-state index in [-0.39, 0.29) is 0 Å². The maximum absolute atomic E-state index is 4.64. The molecule has 26 heavy (non-hydrogen) atoms. The molecule has 0 spiro atoms. The quantitative estimate of drug-likeness (QED) is 0.430. The van der Waals surface area contributed by atoms with Crippen LogP contribution in [0.1, 0.15) is 101 Å². The molecule has 3 nitrogen and oxygen atoms in total. The van der Waals surface area contributed by atoms with Crippen LogP contribution in [0.5, 0.6) is 0 Å². The Labute approximate surface area is 160 Å². The third kappa shape index (κ3) is 4.66. The predicted molar refractivity (Wildman–Crippen MR) is 113 cm³/mol. The Balaban J connectivity index is 2.65. The molecule has 0 amide bonds. The van der Waals surface area contributed by atoms with E-state index >= 15 is 0 Å². The number of benzene rings is 1. The summed E-state index contributed by atoms with van der Waals surface area (Å²) in [5, 5.41) is 9.21. The van der Waals surface area contributed by atoms with E-state index in [1.807, 2.05) is 0 Å². The predicted octanol–water partition coefficient (Wildman–Crippen LogP) is 6.57. The van der Waals surface area contributed by atoms with Gasteiger partial charge in [-0.2, -0.15) is 0 Å². The highest BCUT2D eigenvalue weighted by molar-refractivity contribution is 5.84. The van der Waals surface area contributed by atoms with Crippen molar-refractivity contribution in [2.75, 3.05) is 0 Å². The topological polar surface area (TPSA) is 30.7 Å². The van der Waals surface area contributed by atoms with Gasteiger partial charge in [-0.1, -0.05) is 58.6 Å². The molecule has 0 radical (unpaired) electrons. The van der Waals surface area contributed by atoms with Crippen molar-refractivity contribution < 1.29 is 0 Å². The molecule has 3 heteroatoms. The Morgan fingerprint density at radius 3 is 1.81 bits per heavy atom. The molecule has 0 bridgehead atoms. The summed E-state index contributed by atoms with van der Waals surface area (Å²) in [7, 11) is 0. The Hall–Kier alpha value is -1.38.